The van der Waals surface area contributed by atoms with Crippen molar-refractivity contribution in [3.8, 4) is 16.9 Å². The zero-order valence-corrected chi connectivity index (χ0v) is 14.6. The first-order chi connectivity index (χ1) is 11.6. The minimum atomic E-state index is -0.653. The highest BCUT2D eigenvalue weighted by molar-refractivity contribution is 6.46. The monoisotopic (exact) mass is 376 g/mol. The van der Waals surface area contributed by atoms with Gasteiger partial charge in [0.15, 0.2) is 0 Å². The van der Waals surface area contributed by atoms with E-state index < -0.39 is 5.97 Å². The molecular weight excluding hydrogens is 367 g/mol. The molecule has 0 fully saturated rings. The molecule has 0 aliphatic carbocycles. The molecule has 0 atom stereocenters. The van der Waals surface area contributed by atoms with Crippen LogP contribution in [0, 0.1) is 0 Å². The van der Waals surface area contributed by atoms with Crippen LogP contribution in [0.1, 0.15) is 10.4 Å². The van der Waals surface area contributed by atoms with Crippen LogP contribution in [0.15, 0.2) is 66.7 Å². The average Bonchev–Trinajstić information content (AvgIpc) is 2.60. The number of ether oxygens (including phenoxy) is 1. The van der Waals surface area contributed by atoms with Crippen LogP contribution in [0.2, 0.25) is 15.1 Å². The molecule has 0 amide bonds. The summed E-state index contributed by atoms with van der Waals surface area (Å²) in [6.07, 6.45) is 0. The molecule has 0 heterocycles. The number of hydrogen-bond donors (Lipinski definition) is 0. The normalized spacial score (nSPS) is 10.5. The van der Waals surface area contributed by atoms with Crippen molar-refractivity contribution in [1.82, 2.24) is 0 Å². The smallest absolute Gasteiger partial charge is 0.346 e. The van der Waals surface area contributed by atoms with E-state index in [1.807, 2.05) is 42.5 Å². The van der Waals surface area contributed by atoms with Crippen LogP contribution >= 0.6 is 34.8 Å². The second-order valence-electron chi connectivity index (χ2n) is 5.00. The van der Waals surface area contributed by atoms with E-state index in [-0.39, 0.29) is 20.6 Å². The van der Waals surface area contributed by atoms with Crippen LogP contribution in [0.3, 0.4) is 0 Å². The van der Waals surface area contributed by atoms with E-state index in [0.29, 0.717) is 5.75 Å². The lowest BCUT2D eigenvalue weighted by molar-refractivity contribution is 0.0735. The maximum Gasteiger partial charge on any atom is 0.346 e. The topological polar surface area (TPSA) is 26.3 Å². The maximum atomic E-state index is 12.3. The van der Waals surface area contributed by atoms with Gasteiger partial charge in [-0.25, -0.2) is 4.79 Å². The molecule has 0 radical (unpaired) electrons. The molecule has 0 spiro atoms. The number of carbonyl (C=O) groups excluding carboxylic acids is 1. The molecule has 0 aromatic heterocycles. The second kappa shape index (κ2) is 7.27. The summed E-state index contributed by atoms with van der Waals surface area (Å²) in [5.41, 5.74) is 2.16. The highest BCUT2D eigenvalue weighted by atomic mass is 35.5. The summed E-state index contributed by atoms with van der Waals surface area (Å²) in [4.78, 5) is 12.3. The van der Waals surface area contributed by atoms with Crippen LogP contribution in [0.4, 0.5) is 0 Å². The molecule has 0 aliphatic heterocycles. The summed E-state index contributed by atoms with van der Waals surface area (Å²) < 4.78 is 5.34. The third-order valence-electron chi connectivity index (χ3n) is 3.42. The van der Waals surface area contributed by atoms with Gasteiger partial charge in [0.05, 0.1) is 20.6 Å². The van der Waals surface area contributed by atoms with E-state index in [1.54, 1.807) is 12.1 Å². The highest BCUT2D eigenvalue weighted by Gasteiger charge is 2.19. The minimum Gasteiger partial charge on any atom is -0.423 e. The molecule has 3 aromatic carbocycles. The molecule has 3 rings (SSSR count). The van der Waals surface area contributed by atoms with Crippen molar-refractivity contribution in [3.05, 3.63) is 87.4 Å². The van der Waals surface area contributed by atoms with Crippen molar-refractivity contribution < 1.29 is 9.53 Å². The summed E-state index contributed by atoms with van der Waals surface area (Å²) in [5.74, 6) is -0.258. The Morgan fingerprint density at radius 3 is 1.96 bits per heavy atom. The molecule has 0 N–H and O–H groups in total. The first-order valence-corrected chi connectivity index (χ1v) is 8.21. The van der Waals surface area contributed by atoms with Crippen molar-refractivity contribution in [2.45, 2.75) is 0 Å². The third kappa shape index (κ3) is 3.57. The second-order valence-corrected chi connectivity index (χ2v) is 6.19. The molecule has 5 heteroatoms. The van der Waals surface area contributed by atoms with Gasteiger partial charge in [-0.1, -0.05) is 77.3 Å². The lowest BCUT2D eigenvalue weighted by Crippen LogP contribution is -2.10. The summed E-state index contributed by atoms with van der Waals surface area (Å²) in [6, 6.07) is 20.1. The van der Waals surface area contributed by atoms with Crippen molar-refractivity contribution in [2.75, 3.05) is 0 Å². The molecule has 0 unspecified atom stereocenters. The third-order valence-corrected chi connectivity index (χ3v) is 4.54. The molecular formula is C19H11Cl3O2. The Labute approximate surface area is 154 Å². The molecule has 2 nitrogen and oxygen atoms in total. The maximum absolute atomic E-state index is 12.3. The Balaban J connectivity index is 1.82. The van der Waals surface area contributed by atoms with Crippen LogP contribution in [-0.2, 0) is 0 Å². The highest BCUT2D eigenvalue weighted by Crippen LogP contribution is 2.32. The van der Waals surface area contributed by atoms with E-state index in [0.717, 1.165) is 11.1 Å². The number of carbonyl (C=O) groups is 1. The standard InChI is InChI=1S/C19H11Cl3O2/c20-15-10-11-16(21)18(22)17(15)19(23)24-14-8-6-13(7-9-14)12-4-2-1-3-5-12/h1-11H. The van der Waals surface area contributed by atoms with Crippen molar-refractivity contribution in [3.63, 3.8) is 0 Å². The number of halogens is 3. The van der Waals surface area contributed by atoms with Crippen LogP contribution in [0.25, 0.3) is 11.1 Å². The molecule has 3 aromatic rings. The molecule has 0 saturated heterocycles. The Hall–Kier alpha value is -2.00. The lowest BCUT2D eigenvalue weighted by atomic mass is 10.1. The summed E-state index contributed by atoms with van der Waals surface area (Å²) in [6.45, 7) is 0. The Morgan fingerprint density at radius 1 is 0.708 bits per heavy atom. The Kier molecular flexibility index (Phi) is 5.10. The molecule has 0 bridgehead atoms. The average molecular weight is 378 g/mol. The van der Waals surface area contributed by atoms with E-state index >= 15 is 0 Å². The van der Waals surface area contributed by atoms with Gasteiger partial charge < -0.3 is 4.74 Å². The molecule has 24 heavy (non-hydrogen) atoms. The fourth-order valence-electron chi connectivity index (χ4n) is 2.22. The minimum absolute atomic E-state index is 0.0537. The summed E-state index contributed by atoms with van der Waals surface area (Å²) >= 11 is 18.0. The van der Waals surface area contributed by atoms with Gasteiger partial charge in [-0.3, -0.25) is 0 Å². The number of hydrogen-bond acceptors (Lipinski definition) is 2. The van der Waals surface area contributed by atoms with Gasteiger partial charge in [-0.05, 0) is 35.4 Å². The largest absolute Gasteiger partial charge is 0.423 e. The van der Waals surface area contributed by atoms with E-state index in [4.69, 9.17) is 39.5 Å². The van der Waals surface area contributed by atoms with Gasteiger partial charge in [0.25, 0.3) is 0 Å². The van der Waals surface area contributed by atoms with E-state index in [9.17, 15) is 4.79 Å². The SMILES string of the molecule is O=C(Oc1ccc(-c2ccccc2)cc1)c1c(Cl)ccc(Cl)c1Cl. The van der Waals surface area contributed by atoms with Gasteiger partial charge in [0.1, 0.15) is 5.75 Å². The number of rotatable bonds is 3. The summed E-state index contributed by atoms with van der Waals surface area (Å²) in [7, 11) is 0. The Bertz CT molecular complexity index is 875. The Morgan fingerprint density at radius 2 is 1.29 bits per heavy atom. The van der Waals surface area contributed by atoms with Gasteiger partial charge in [0.2, 0.25) is 0 Å². The van der Waals surface area contributed by atoms with Gasteiger partial charge >= 0.3 is 5.97 Å². The van der Waals surface area contributed by atoms with Crippen LogP contribution in [-0.4, -0.2) is 5.97 Å². The zero-order chi connectivity index (χ0) is 17.1. The lowest BCUT2D eigenvalue weighted by Gasteiger charge is -2.09. The van der Waals surface area contributed by atoms with Crippen molar-refractivity contribution >= 4 is 40.8 Å². The first-order valence-electron chi connectivity index (χ1n) is 7.07. The predicted octanol–water partition coefficient (Wildman–Crippen LogP) is 6.53. The molecule has 0 saturated carbocycles. The van der Waals surface area contributed by atoms with Crippen molar-refractivity contribution in [2.24, 2.45) is 0 Å². The van der Waals surface area contributed by atoms with Gasteiger partial charge in [-0.15, -0.1) is 0 Å². The molecule has 120 valence electrons. The molecule has 0 aliphatic rings. The predicted molar refractivity (Wildman–Crippen MR) is 98.3 cm³/mol. The quantitative estimate of drug-likeness (QED) is 0.294. The fraction of sp³-hybridized carbons (Fsp3) is 0. The van der Waals surface area contributed by atoms with Gasteiger partial charge in [-0.2, -0.15) is 0 Å². The summed E-state index contributed by atoms with van der Waals surface area (Å²) in [5, 5.41) is 0.512. The van der Waals surface area contributed by atoms with Crippen LogP contribution < -0.4 is 4.74 Å². The first kappa shape index (κ1) is 16.8. The van der Waals surface area contributed by atoms with Gasteiger partial charge in [0, 0.05) is 0 Å². The zero-order valence-electron chi connectivity index (χ0n) is 12.3. The fourth-order valence-corrected chi connectivity index (χ4v) is 2.90. The van der Waals surface area contributed by atoms with Crippen molar-refractivity contribution in [1.29, 1.82) is 0 Å². The van der Waals surface area contributed by atoms with E-state index in [2.05, 4.69) is 0 Å². The van der Waals surface area contributed by atoms with Crippen LogP contribution in [0.5, 0.6) is 5.75 Å². The number of esters is 1. The van der Waals surface area contributed by atoms with E-state index in [1.165, 1.54) is 12.1 Å². The number of benzene rings is 3.